The van der Waals surface area contributed by atoms with Crippen molar-refractivity contribution in [1.82, 2.24) is 15.0 Å². The van der Waals surface area contributed by atoms with Crippen LogP contribution in [0.3, 0.4) is 0 Å². The number of nitrogens with one attached hydrogen (secondary N) is 2. The van der Waals surface area contributed by atoms with E-state index in [2.05, 4.69) is 25.3 Å². The van der Waals surface area contributed by atoms with Crippen LogP contribution in [0.2, 0.25) is 0 Å². The van der Waals surface area contributed by atoms with E-state index in [0.717, 1.165) is 47.3 Å². The van der Waals surface area contributed by atoms with E-state index in [9.17, 15) is 5.11 Å². The van der Waals surface area contributed by atoms with Crippen LogP contribution in [-0.4, -0.2) is 32.8 Å². The Kier molecular flexibility index (Phi) is 5.82. The number of aromatic amines is 1. The molecule has 3 heterocycles. The molecule has 7 rings (SSSR count). The van der Waals surface area contributed by atoms with Gasteiger partial charge >= 0.3 is 0 Å². The standard InChI is InChI=1S/C22H25N5O.2ClH/c28-21-19(9-16-10-24-20-17(16)2-1-3-23-20)26-22(27-21)25-11-18-14-5-12-4-13(7-14)8-15(18)6-12;;/h1-3,9-10,12-15,18,28H,4-8,11H2,(H2,25,26,27);2*1H. The molecule has 4 saturated carbocycles. The Balaban J connectivity index is 0.00000109. The third-order valence-corrected chi connectivity index (χ3v) is 7.36. The van der Waals surface area contributed by atoms with Crippen molar-refractivity contribution in [2.45, 2.75) is 32.1 Å². The predicted molar refractivity (Wildman–Crippen MR) is 124 cm³/mol. The molecule has 0 aromatic carbocycles. The first-order valence-electron chi connectivity index (χ1n) is 10.5. The minimum atomic E-state index is 0. The number of halogens is 2. The van der Waals surface area contributed by atoms with Gasteiger partial charge in [-0.05, 0) is 79.9 Å². The number of fused-ring (bicyclic) bond motifs is 1. The summed E-state index contributed by atoms with van der Waals surface area (Å²) >= 11 is 0. The number of rotatable bonds is 4. The molecule has 2 aromatic heterocycles. The molecule has 4 bridgehead atoms. The molecule has 6 nitrogen and oxygen atoms in total. The minimum absolute atomic E-state index is 0. The summed E-state index contributed by atoms with van der Waals surface area (Å²) < 4.78 is 0. The van der Waals surface area contributed by atoms with E-state index in [1.165, 1.54) is 32.1 Å². The minimum Gasteiger partial charge on any atom is -0.492 e. The fourth-order valence-electron chi connectivity index (χ4n) is 6.34. The zero-order chi connectivity index (χ0) is 18.7. The fourth-order valence-corrected chi connectivity index (χ4v) is 6.34. The lowest BCUT2D eigenvalue weighted by atomic mass is 9.52. The average molecular weight is 448 g/mol. The lowest BCUT2D eigenvalue weighted by molar-refractivity contribution is -0.0305. The van der Waals surface area contributed by atoms with Crippen molar-refractivity contribution in [2.24, 2.45) is 34.6 Å². The van der Waals surface area contributed by atoms with Crippen molar-refractivity contribution < 1.29 is 5.11 Å². The van der Waals surface area contributed by atoms with Gasteiger partial charge in [0.05, 0.1) is 0 Å². The molecule has 3 N–H and O–H groups in total. The number of anilines is 1. The summed E-state index contributed by atoms with van der Waals surface area (Å²) in [5.41, 5.74) is 2.50. The molecule has 0 amide bonds. The van der Waals surface area contributed by atoms with Crippen molar-refractivity contribution in [2.75, 3.05) is 11.9 Å². The molecule has 160 valence electrons. The molecular formula is C22H27Cl2N5O. The van der Waals surface area contributed by atoms with Crippen molar-refractivity contribution in [3.05, 3.63) is 29.6 Å². The van der Waals surface area contributed by atoms with Gasteiger partial charge in [-0.25, -0.2) is 9.98 Å². The van der Waals surface area contributed by atoms with E-state index in [4.69, 9.17) is 0 Å². The lowest BCUT2D eigenvalue weighted by Crippen LogP contribution is -2.47. The van der Waals surface area contributed by atoms with Crippen molar-refractivity contribution in [3.63, 3.8) is 0 Å². The predicted octanol–water partition coefficient (Wildman–Crippen LogP) is 5.09. The van der Waals surface area contributed by atoms with Gasteiger partial charge in [0.15, 0.2) is 5.82 Å². The Hall–Kier alpha value is -2.05. The summed E-state index contributed by atoms with van der Waals surface area (Å²) in [7, 11) is 0. The van der Waals surface area contributed by atoms with Gasteiger partial charge in [0.1, 0.15) is 5.69 Å². The van der Waals surface area contributed by atoms with E-state index in [-0.39, 0.29) is 30.7 Å². The summed E-state index contributed by atoms with van der Waals surface area (Å²) in [5, 5.41) is 13.8. The first-order chi connectivity index (χ1) is 13.7. The van der Waals surface area contributed by atoms with Crippen molar-refractivity contribution in [1.29, 1.82) is 0 Å². The first kappa shape index (κ1) is 21.2. The smallest absolute Gasteiger partial charge is 0.238 e. The van der Waals surface area contributed by atoms with Crippen LogP contribution >= 0.6 is 24.8 Å². The number of aromatic hydroxyl groups is 1. The molecule has 0 spiro atoms. The van der Waals surface area contributed by atoms with Crippen molar-refractivity contribution in [3.8, 4) is 5.88 Å². The molecule has 0 atom stereocenters. The number of imidazole rings is 1. The molecule has 4 fully saturated rings. The SMILES string of the molecule is Cl.Cl.Oc1nc(NCC2C3CC4CC(C3)CC2C4)[nH]c1C=C1C=Nc2ncccc21. The monoisotopic (exact) mass is 447 g/mol. The molecule has 5 aliphatic rings. The van der Waals surface area contributed by atoms with Crippen LogP contribution in [0.4, 0.5) is 11.8 Å². The molecule has 1 aliphatic heterocycles. The zero-order valence-electron chi connectivity index (χ0n) is 16.6. The topological polar surface area (TPSA) is 86.2 Å². The van der Waals surface area contributed by atoms with Crippen LogP contribution in [0.1, 0.15) is 43.4 Å². The van der Waals surface area contributed by atoms with Gasteiger partial charge in [0.2, 0.25) is 11.8 Å². The number of hydrogen-bond acceptors (Lipinski definition) is 5. The summed E-state index contributed by atoms with van der Waals surface area (Å²) in [6, 6.07) is 3.88. The number of aromatic nitrogens is 3. The van der Waals surface area contributed by atoms with Gasteiger partial charge in [-0.2, -0.15) is 4.98 Å². The average Bonchev–Trinajstić information content (AvgIpc) is 3.25. The lowest BCUT2D eigenvalue weighted by Gasteiger charge is -2.54. The van der Waals surface area contributed by atoms with Crippen LogP contribution in [0.25, 0.3) is 11.6 Å². The highest BCUT2D eigenvalue weighted by atomic mass is 35.5. The van der Waals surface area contributed by atoms with E-state index in [1.807, 2.05) is 18.2 Å². The molecule has 2 aromatic rings. The van der Waals surface area contributed by atoms with Crippen LogP contribution < -0.4 is 5.32 Å². The maximum atomic E-state index is 10.3. The van der Waals surface area contributed by atoms with E-state index in [1.54, 1.807) is 12.4 Å². The van der Waals surface area contributed by atoms with E-state index >= 15 is 0 Å². The van der Waals surface area contributed by atoms with Gasteiger partial charge in [-0.3, -0.25) is 0 Å². The number of pyridine rings is 1. The van der Waals surface area contributed by atoms with Crippen LogP contribution in [0, 0.1) is 29.6 Å². The molecule has 0 unspecified atom stereocenters. The molecule has 8 heteroatoms. The second-order valence-electron chi connectivity index (χ2n) is 9.03. The maximum Gasteiger partial charge on any atom is 0.238 e. The van der Waals surface area contributed by atoms with Crippen LogP contribution in [0.15, 0.2) is 23.3 Å². The number of nitrogens with zero attached hydrogens (tertiary/aromatic N) is 3. The largest absolute Gasteiger partial charge is 0.492 e. The number of allylic oxidation sites excluding steroid dienone is 1. The van der Waals surface area contributed by atoms with Gasteiger partial charge in [0, 0.05) is 30.1 Å². The Labute approximate surface area is 188 Å². The third kappa shape index (κ3) is 3.60. The second kappa shape index (κ2) is 8.23. The zero-order valence-corrected chi connectivity index (χ0v) is 18.3. The summed E-state index contributed by atoms with van der Waals surface area (Å²) in [6.07, 6.45) is 12.6. The Morgan fingerprint density at radius 2 is 1.83 bits per heavy atom. The maximum absolute atomic E-state index is 10.3. The summed E-state index contributed by atoms with van der Waals surface area (Å²) in [4.78, 5) is 16.1. The van der Waals surface area contributed by atoms with E-state index in [0.29, 0.717) is 17.5 Å². The highest BCUT2D eigenvalue weighted by molar-refractivity contribution is 6.20. The number of hydrogen-bond donors (Lipinski definition) is 3. The van der Waals surface area contributed by atoms with Crippen LogP contribution in [0.5, 0.6) is 5.88 Å². The highest BCUT2D eigenvalue weighted by Gasteiger charge is 2.47. The summed E-state index contributed by atoms with van der Waals surface area (Å²) in [6.45, 7) is 0.950. The fraction of sp³-hybridized carbons (Fsp3) is 0.500. The molecular weight excluding hydrogens is 421 g/mol. The number of aliphatic imine (C=N–C) groups is 1. The normalized spacial score (nSPS) is 31.3. The van der Waals surface area contributed by atoms with Crippen LogP contribution in [-0.2, 0) is 0 Å². The molecule has 0 radical (unpaired) electrons. The van der Waals surface area contributed by atoms with Crippen molar-refractivity contribution >= 4 is 54.4 Å². The van der Waals surface area contributed by atoms with Gasteiger partial charge < -0.3 is 15.4 Å². The van der Waals surface area contributed by atoms with Gasteiger partial charge in [-0.1, -0.05) is 0 Å². The third-order valence-electron chi connectivity index (χ3n) is 7.36. The molecule has 30 heavy (non-hydrogen) atoms. The Morgan fingerprint density at radius 1 is 1.10 bits per heavy atom. The van der Waals surface area contributed by atoms with E-state index < -0.39 is 0 Å². The number of H-pyrrole nitrogens is 1. The quantitative estimate of drug-likeness (QED) is 0.608. The first-order valence-corrected chi connectivity index (χ1v) is 10.5. The summed E-state index contributed by atoms with van der Waals surface area (Å²) in [5.74, 6) is 5.89. The second-order valence-corrected chi connectivity index (χ2v) is 9.03. The highest BCUT2D eigenvalue weighted by Crippen LogP contribution is 2.56. The Morgan fingerprint density at radius 3 is 2.57 bits per heavy atom. The molecule has 4 aliphatic carbocycles. The van der Waals surface area contributed by atoms with Gasteiger partial charge in [-0.15, -0.1) is 24.8 Å². The molecule has 0 saturated heterocycles. The Bertz CT molecular complexity index is 958. The van der Waals surface area contributed by atoms with Gasteiger partial charge in [0.25, 0.3) is 0 Å².